The average molecular weight is 312 g/mol. The van der Waals surface area contributed by atoms with E-state index in [0.29, 0.717) is 0 Å². The first-order chi connectivity index (χ1) is 9.19. The highest BCUT2D eigenvalue weighted by Gasteiger charge is 2.39. The molecule has 0 spiro atoms. The molecule has 1 unspecified atom stereocenters. The molecule has 1 saturated heterocycles. The molecular formula is C10H7F3O6S. The zero-order chi connectivity index (χ0) is 15.0. The van der Waals surface area contributed by atoms with Gasteiger partial charge in [-0.05, 0) is 12.1 Å². The van der Waals surface area contributed by atoms with Crippen molar-refractivity contribution in [2.24, 2.45) is 0 Å². The van der Waals surface area contributed by atoms with Crippen molar-refractivity contribution in [2.75, 3.05) is 6.61 Å². The van der Waals surface area contributed by atoms with Crippen LogP contribution in [0.3, 0.4) is 0 Å². The van der Waals surface area contributed by atoms with Crippen molar-refractivity contribution >= 4 is 16.4 Å². The number of benzene rings is 1. The highest BCUT2D eigenvalue weighted by Crippen LogP contribution is 2.36. The van der Waals surface area contributed by atoms with Gasteiger partial charge in [-0.15, -0.1) is 0 Å². The van der Waals surface area contributed by atoms with Gasteiger partial charge in [0.15, 0.2) is 0 Å². The molecule has 1 aliphatic heterocycles. The number of hydrogen-bond acceptors (Lipinski definition) is 6. The number of alkyl halides is 3. The molecule has 0 saturated carbocycles. The number of esters is 1. The highest BCUT2D eigenvalue weighted by molar-refractivity contribution is 7.82. The summed E-state index contributed by atoms with van der Waals surface area (Å²) in [5.41, 5.74) is -1.16. The molecule has 1 aliphatic rings. The first-order valence-electron chi connectivity index (χ1n) is 5.14. The molecule has 0 N–H and O–H groups in total. The van der Waals surface area contributed by atoms with Gasteiger partial charge < -0.3 is 4.74 Å². The van der Waals surface area contributed by atoms with Crippen LogP contribution in [0.5, 0.6) is 5.75 Å². The van der Waals surface area contributed by atoms with Gasteiger partial charge in [0.05, 0.1) is 5.56 Å². The van der Waals surface area contributed by atoms with E-state index in [-0.39, 0.29) is 0 Å². The summed E-state index contributed by atoms with van der Waals surface area (Å²) in [4.78, 5) is 11.5. The topological polar surface area (TPSA) is 78.9 Å². The first kappa shape index (κ1) is 14.8. The number of hydrogen-bond donors (Lipinski definition) is 0. The molecule has 6 nitrogen and oxygen atoms in total. The lowest BCUT2D eigenvalue weighted by molar-refractivity contribution is -0.146. The Kier molecular flexibility index (Phi) is 3.71. The number of halogens is 3. The lowest BCUT2D eigenvalue weighted by Gasteiger charge is -2.13. The van der Waals surface area contributed by atoms with E-state index in [1.54, 1.807) is 0 Å². The van der Waals surface area contributed by atoms with E-state index in [2.05, 4.69) is 13.1 Å². The summed E-state index contributed by atoms with van der Waals surface area (Å²) >= 11 is 0. The van der Waals surface area contributed by atoms with E-state index in [0.717, 1.165) is 18.2 Å². The Morgan fingerprint density at radius 3 is 2.50 bits per heavy atom. The minimum absolute atomic E-state index is 0.644. The third-order valence-electron chi connectivity index (χ3n) is 2.26. The number of para-hydroxylation sites is 1. The Labute approximate surface area is 111 Å². The lowest BCUT2D eigenvalue weighted by atomic mass is 10.2. The van der Waals surface area contributed by atoms with Gasteiger partial charge in [-0.3, -0.25) is 0 Å². The molecule has 10 heteroatoms. The molecule has 1 aromatic rings. The van der Waals surface area contributed by atoms with Gasteiger partial charge in [0.2, 0.25) is 6.10 Å². The molecule has 1 atom stereocenters. The number of rotatable bonds is 2. The van der Waals surface area contributed by atoms with E-state index >= 15 is 0 Å². The number of carbonyl (C=O) groups is 1. The maximum atomic E-state index is 12.7. The molecule has 0 aromatic heterocycles. The molecular weight excluding hydrogens is 305 g/mol. The third kappa shape index (κ3) is 3.26. The van der Waals surface area contributed by atoms with Crippen LogP contribution in [-0.4, -0.2) is 27.1 Å². The van der Waals surface area contributed by atoms with E-state index in [4.69, 9.17) is 0 Å². The van der Waals surface area contributed by atoms with Gasteiger partial charge in [-0.25, -0.2) is 13.2 Å². The van der Waals surface area contributed by atoms with Crippen molar-refractivity contribution in [3.8, 4) is 5.75 Å². The quantitative estimate of drug-likeness (QED) is 0.604. The fourth-order valence-corrected chi connectivity index (χ4v) is 2.18. The van der Waals surface area contributed by atoms with Crippen LogP contribution in [0.4, 0.5) is 13.2 Å². The average Bonchev–Trinajstić information content (AvgIpc) is 2.69. The van der Waals surface area contributed by atoms with Crippen LogP contribution >= 0.6 is 0 Å². The molecule has 0 bridgehead atoms. The van der Waals surface area contributed by atoms with Crippen LogP contribution < -0.4 is 4.74 Å². The Hall–Kier alpha value is -1.65. The second kappa shape index (κ2) is 5.04. The summed E-state index contributed by atoms with van der Waals surface area (Å²) in [5.74, 6) is -2.03. The van der Waals surface area contributed by atoms with Crippen LogP contribution in [0, 0.1) is 0 Å². The van der Waals surface area contributed by atoms with Crippen molar-refractivity contribution in [3.63, 3.8) is 0 Å². The Balaban J connectivity index is 2.17. The normalized spacial score (nSPS) is 21.6. The number of carbonyl (C=O) groups excluding carboxylic acids is 1. The Morgan fingerprint density at radius 2 is 1.95 bits per heavy atom. The van der Waals surface area contributed by atoms with E-state index in [1.807, 2.05) is 0 Å². The summed E-state index contributed by atoms with van der Waals surface area (Å²) in [5, 5.41) is 0. The molecule has 0 aliphatic carbocycles. The molecule has 0 amide bonds. The summed E-state index contributed by atoms with van der Waals surface area (Å²) in [6.07, 6.45) is -6.34. The fourth-order valence-electron chi connectivity index (χ4n) is 1.41. The molecule has 2 rings (SSSR count). The van der Waals surface area contributed by atoms with Crippen LogP contribution in [0.1, 0.15) is 5.56 Å². The Morgan fingerprint density at radius 1 is 1.30 bits per heavy atom. The monoisotopic (exact) mass is 312 g/mol. The van der Waals surface area contributed by atoms with Crippen molar-refractivity contribution < 1.29 is 39.5 Å². The van der Waals surface area contributed by atoms with Gasteiger partial charge >= 0.3 is 22.5 Å². The van der Waals surface area contributed by atoms with Crippen LogP contribution in [0.25, 0.3) is 0 Å². The summed E-state index contributed by atoms with van der Waals surface area (Å²) in [7, 11) is -4.29. The van der Waals surface area contributed by atoms with Gasteiger partial charge in [0, 0.05) is 0 Å². The van der Waals surface area contributed by atoms with E-state index in [9.17, 15) is 26.4 Å². The lowest BCUT2D eigenvalue weighted by Crippen LogP contribution is -2.28. The molecule has 1 heterocycles. The van der Waals surface area contributed by atoms with E-state index in [1.165, 1.54) is 6.07 Å². The van der Waals surface area contributed by atoms with E-state index < -0.39 is 46.6 Å². The smallest absolute Gasteiger partial charge is 0.419 e. The van der Waals surface area contributed by atoms with Crippen molar-refractivity contribution in [1.29, 1.82) is 0 Å². The Bertz CT molecular complexity index is 624. The minimum Gasteiger partial charge on any atom is -0.424 e. The molecule has 0 radical (unpaired) electrons. The van der Waals surface area contributed by atoms with Crippen LogP contribution in [-0.2, 0) is 29.7 Å². The molecule has 1 fully saturated rings. The van der Waals surface area contributed by atoms with Gasteiger partial charge in [-0.2, -0.15) is 21.6 Å². The highest BCUT2D eigenvalue weighted by atomic mass is 32.3. The molecule has 20 heavy (non-hydrogen) atoms. The summed E-state index contributed by atoms with van der Waals surface area (Å²) in [6, 6.07) is 4.02. The predicted molar refractivity (Wildman–Crippen MR) is 56.8 cm³/mol. The maximum absolute atomic E-state index is 12.7. The fraction of sp³-hybridized carbons (Fsp3) is 0.300. The summed E-state index contributed by atoms with van der Waals surface area (Å²) in [6.45, 7) is -0.644. The van der Waals surface area contributed by atoms with Gasteiger partial charge in [0.1, 0.15) is 12.4 Å². The van der Waals surface area contributed by atoms with Crippen LogP contribution in [0.15, 0.2) is 24.3 Å². The largest absolute Gasteiger partial charge is 0.424 e. The van der Waals surface area contributed by atoms with Gasteiger partial charge in [0.25, 0.3) is 0 Å². The van der Waals surface area contributed by atoms with Crippen molar-refractivity contribution in [1.82, 2.24) is 0 Å². The van der Waals surface area contributed by atoms with Gasteiger partial charge in [-0.1, -0.05) is 12.1 Å². The SMILES string of the molecule is O=C(Oc1ccccc1C(F)(F)F)C1COS(=O)(=O)O1. The van der Waals surface area contributed by atoms with Crippen molar-refractivity contribution in [2.45, 2.75) is 12.3 Å². The maximum Gasteiger partial charge on any atom is 0.419 e. The zero-order valence-corrected chi connectivity index (χ0v) is 10.4. The first-order valence-corrected chi connectivity index (χ1v) is 6.48. The second-order valence-corrected chi connectivity index (χ2v) is 4.94. The van der Waals surface area contributed by atoms with Crippen LogP contribution in [0.2, 0.25) is 0 Å². The minimum atomic E-state index is -4.71. The van der Waals surface area contributed by atoms with Crippen molar-refractivity contribution in [3.05, 3.63) is 29.8 Å². The zero-order valence-electron chi connectivity index (χ0n) is 9.59. The second-order valence-electron chi connectivity index (χ2n) is 3.69. The summed E-state index contributed by atoms with van der Waals surface area (Å²) < 4.78 is 72.4. The third-order valence-corrected chi connectivity index (χ3v) is 3.16. The molecule has 1 aromatic carbocycles. The number of ether oxygens (including phenoxy) is 1. The molecule has 110 valence electrons. The predicted octanol–water partition coefficient (Wildman–Crippen LogP) is 1.27. The standard InChI is InChI=1S/C10H7F3O6S/c11-10(12,13)6-3-1-2-4-7(6)18-9(14)8-5-17-20(15,16)19-8/h1-4,8H,5H2.